The molecular weight excluding hydrogens is 402 g/mol. The summed E-state index contributed by atoms with van der Waals surface area (Å²) in [5.41, 5.74) is 0. The lowest BCUT2D eigenvalue weighted by atomic mass is 10.2. The van der Waals surface area contributed by atoms with Crippen molar-refractivity contribution < 1.29 is 26.3 Å². The SMILES string of the molecule is COc1ccc(OCCN[C@H]2CS(=O)(=O)C[C@@H]2S(=O)(=O)c2ccccc2)cc1. The Hall–Kier alpha value is -2.10. The van der Waals surface area contributed by atoms with Gasteiger partial charge in [-0.15, -0.1) is 0 Å². The normalized spacial score (nSPS) is 21.3. The van der Waals surface area contributed by atoms with Crippen molar-refractivity contribution in [1.29, 1.82) is 0 Å². The third-order valence-electron chi connectivity index (χ3n) is 4.61. The van der Waals surface area contributed by atoms with Crippen molar-refractivity contribution in [2.45, 2.75) is 16.2 Å². The van der Waals surface area contributed by atoms with E-state index in [2.05, 4.69) is 5.32 Å². The molecule has 2 aromatic carbocycles. The van der Waals surface area contributed by atoms with Crippen molar-refractivity contribution in [3.8, 4) is 11.5 Å². The molecule has 1 fully saturated rings. The van der Waals surface area contributed by atoms with E-state index in [9.17, 15) is 16.8 Å². The minimum Gasteiger partial charge on any atom is -0.497 e. The van der Waals surface area contributed by atoms with Crippen LogP contribution < -0.4 is 14.8 Å². The van der Waals surface area contributed by atoms with Gasteiger partial charge in [-0.25, -0.2) is 16.8 Å². The van der Waals surface area contributed by atoms with Gasteiger partial charge in [0.1, 0.15) is 18.1 Å². The summed E-state index contributed by atoms with van der Waals surface area (Å²) in [6, 6.07) is 14.4. The van der Waals surface area contributed by atoms with Crippen molar-refractivity contribution in [2.24, 2.45) is 0 Å². The molecule has 28 heavy (non-hydrogen) atoms. The van der Waals surface area contributed by atoms with E-state index in [4.69, 9.17) is 9.47 Å². The molecule has 0 saturated carbocycles. The average Bonchev–Trinajstić information content (AvgIpc) is 3.01. The maximum absolute atomic E-state index is 12.9. The molecule has 0 aliphatic carbocycles. The quantitative estimate of drug-likeness (QED) is 0.637. The summed E-state index contributed by atoms with van der Waals surface area (Å²) in [6.07, 6.45) is 0. The zero-order chi connectivity index (χ0) is 20.2. The molecule has 9 heteroatoms. The smallest absolute Gasteiger partial charge is 0.183 e. The number of hydrogen-bond acceptors (Lipinski definition) is 7. The zero-order valence-corrected chi connectivity index (χ0v) is 17.1. The van der Waals surface area contributed by atoms with E-state index < -0.39 is 31.0 Å². The summed E-state index contributed by atoms with van der Waals surface area (Å²) < 4.78 is 60.7. The fourth-order valence-corrected chi connectivity index (χ4v) is 7.92. The summed E-state index contributed by atoms with van der Waals surface area (Å²) in [6.45, 7) is 0.605. The van der Waals surface area contributed by atoms with Crippen LogP contribution in [0.5, 0.6) is 11.5 Å². The van der Waals surface area contributed by atoms with Crippen molar-refractivity contribution in [2.75, 3.05) is 31.8 Å². The van der Waals surface area contributed by atoms with Crippen LogP contribution in [-0.2, 0) is 19.7 Å². The number of nitrogens with one attached hydrogen (secondary N) is 1. The zero-order valence-electron chi connectivity index (χ0n) is 15.4. The average molecular weight is 426 g/mol. The maximum Gasteiger partial charge on any atom is 0.183 e. The Morgan fingerprint density at radius 2 is 1.64 bits per heavy atom. The molecule has 0 bridgehead atoms. The molecule has 1 aliphatic rings. The summed E-state index contributed by atoms with van der Waals surface area (Å²) in [5.74, 6) is 0.790. The summed E-state index contributed by atoms with van der Waals surface area (Å²) >= 11 is 0. The molecular formula is C19H23NO6S2. The van der Waals surface area contributed by atoms with E-state index >= 15 is 0 Å². The molecule has 1 N–H and O–H groups in total. The highest BCUT2D eigenvalue weighted by molar-refractivity contribution is 7.96. The number of sulfone groups is 2. The predicted molar refractivity (Wildman–Crippen MR) is 106 cm³/mol. The van der Waals surface area contributed by atoms with Gasteiger partial charge in [0.2, 0.25) is 0 Å². The van der Waals surface area contributed by atoms with Crippen LogP contribution in [0, 0.1) is 0 Å². The summed E-state index contributed by atoms with van der Waals surface area (Å²) in [4.78, 5) is 0.137. The first-order chi connectivity index (χ1) is 13.3. The van der Waals surface area contributed by atoms with Gasteiger partial charge in [-0.05, 0) is 36.4 Å². The first-order valence-corrected chi connectivity index (χ1v) is 12.2. The number of hydrogen-bond donors (Lipinski definition) is 1. The van der Waals surface area contributed by atoms with Gasteiger partial charge in [0.25, 0.3) is 0 Å². The fraction of sp³-hybridized carbons (Fsp3) is 0.368. The highest BCUT2D eigenvalue weighted by Gasteiger charge is 2.45. The van der Waals surface area contributed by atoms with Crippen LogP contribution in [0.15, 0.2) is 59.5 Å². The van der Waals surface area contributed by atoms with Crippen LogP contribution >= 0.6 is 0 Å². The summed E-state index contributed by atoms with van der Waals surface area (Å²) in [7, 11) is -5.60. The Balaban J connectivity index is 1.62. The van der Waals surface area contributed by atoms with Crippen LogP contribution in [0.1, 0.15) is 0 Å². The number of rotatable bonds is 8. The number of methoxy groups -OCH3 is 1. The molecule has 0 aromatic heterocycles. The lowest BCUT2D eigenvalue weighted by Crippen LogP contribution is -2.44. The van der Waals surface area contributed by atoms with Gasteiger partial charge >= 0.3 is 0 Å². The largest absolute Gasteiger partial charge is 0.497 e. The fourth-order valence-electron chi connectivity index (χ4n) is 3.18. The second-order valence-electron chi connectivity index (χ2n) is 6.56. The Bertz CT molecular complexity index is 988. The molecule has 7 nitrogen and oxygen atoms in total. The van der Waals surface area contributed by atoms with Gasteiger partial charge < -0.3 is 14.8 Å². The first kappa shape index (κ1) is 20.6. The van der Waals surface area contributed by atoms with E-state index in [0.717, 1.165) is 5.75 Å². The molecule has 0 amide bonds. The third-order valence-corrected chi connectivity index (χ3v) is 8.77. The third kappa shape index (κ3) is 4.84. The van der Waals surface area contributed by atoms with Crippen LogP contribution in [-0.4, -0.2) is 59.9 Å². The van der Waals surface area contributed by atoms with Crippen LogP contribution in [0.25, 0.3) is 0 Å². The van der Waals surface area contributed by atoms with Crippen molar-refractivity contribution in [3.63, 3.8) is 0 Å². The summed E-state index contributed by atoms with van der Waals surface area (Å²) in [5, 5.41) is 2.03. The van der Waals surface area contributed by atoms with Gasteiger partial charge in [-0.1, -0.05) is 18.2 Å². The van der Waals surface area contributed by atoms with E-state index in [0.29, 0.717) is 12.3 Å². The molecule has 1 saturated heterocycles. The Labute approximate surface area is 165 Å². The Morgan fingerprint density at radius 3 is 2.29 bits per heavy atom. The Kier molecular flexibility index (Phi) is 6.26. The second kappa shape index (κ2) is 8.50. The van der Waals surface area contributed by atoms with E-state index in [1.165, 1.54) is 12.1 Å². The minimum atomic E-state index is -3.75. The van der Waals surface area contributed by atoms with Gasteiger partial charge in [-0.3, -0.25) is 0 Å². The van der Waals surface area contributed by atoms with Gasteiger partial charge in [-0.2, -0.15) is 0 Å². The molecule has 3 rings (SSSR count). The number of benzene rings is 2. The van der Waals surface area contributed by atoms with Crippen LogP contribution in [0.3, 0.4) is 0 Å². The monoisotopic (exact) mass is 425 g/mol. The van der Waals surface area contributed by atoms with Gasteiger partial charge in [0, 0.05) is 12.6 Å². The molecule has 0 unspecified atom stereocenters. The highest BCUT2D eigenvalue weighted by atomic mass is 32.2. The van der Waals surface area contributed by atoms with E-state index in [1.54, 1.807) is 49.6 Å². The number of ether oxygens (including phenoxy) is 2. The first-order valence-electron chi connectivity index (χ1n) is 8.81. The molecule has 2 atom stereocenters. The molecule has 1 heterocycles. The van der Waals surface area contributed by atoms with Crippen molar-refractivity contribution >= 4 is 19.7 Å². The lowest BCUT2D eigenvalue weighted by molar-refractivity contribution is 0.307. The van der Waals surface area contributed by atoms with E-state index in [1.807, 2.05) is 0 Å². The topological polar surface area (TPSA) is 98.8 Å². The van der Waals surface area contributed by atoms with Crippen LogP contribution in [0.4, 0.5) is 0 Å². The molecule has 152 valence electrons. The molecule has 1 aliphatic heterocycles. The van der Waals surface area contributed by atoms with E-state index in [-0.39, 0.29) is 23.0 Å². The Morgan fingerprint density at radius 1 is 1.00 bits per heavy atom. The van der Waals surface area contributed by atoms with Crippen LogP contribution in [0.2, 0.25) is 0 Å². The van der Waals surface area contributed by atoms with Crippen molar-refractivity contribution in [1.82, 2.24) is 5.32 Å². The standard InChI is InChI=1S/C19H23NO6S2/c1-25-15-7-9-16(10-8-15)26-12-11-20-18-13-27(21,22)14-19(18)28(23,24)17-5-3-2-4-6-17/h2-10,18-20H,11-14H2,1H3/t18-,19-/m0/s1. The molecule has 0 radical (unpaired) electrons. The molecule has 2 aromatic rings. The predicted octanol–water partition coefficient (Wildman–Crippen LogP) is 1.30. The van der Waals surface area contributed by atoms with Crippen molar-refractivity contribution in [3.05, 3.63) is 54.6 Å². The maximum atomic E-state index is 12.9. The van der Waals surface area contributed by atoms with Gasteiger partial charge in [0.15, 0.2) is 19.7 Å². The van der Waals surface area contributed by atoms with Gasteiger partial charge in [0.05, 0.1) is 28.8 Å². The minimum absolute atomic E-state index is 0.137. The lowest BCUT2D eigenvalue weighted by Gasteiger charge is -2.20. The molecule has 0 spiro atoms. The highest BCUT2D eigenvalue weighted by Crippen LogP contribution is 2.26. The second-order valence-corrected chi connectivity index (χ2v) is 10.9.